The van der Waals surface area contributed by atoms with Gasteiger partial charge in [-0.15, -0.1) is 0 Å². The minimum atomic E-state index is 0.116. The third kappa shape index (κ3) is 4.66. The monoisotopic (exact) mass is 272 g/mol. The molecule has 18 heavy (non-hydrogen) atoms. The van der Waals surface area contributed by atoms with Crippen LogP contribution >= 0.6 is 11.6 Å². The van der Waals surface area contributed by atoms with Gasteiger partial charge in [0.2, 0.25) is 0 Å². The summed E-state index contributed by atoms with van der Waals surface area (Å²) in [5.41, 5.74) is 0.116. The predicted octanol–water partition coefficient (Wildman–Crippen LogP) is 2.14. The number of anilines is 1. The summed E-state index contributed by atoms with van der Waals surface area (Å²) in [6.07, 6.45) is 1.54. The van der Waals surface area contributed by atoms with Gasteiger partial charge < -0.3 is 15.0 Å². The average molecular weight is 273 g/mol. The molecule has 1 aromatic heterocycles. The normalized spacial score (nSPS) is 11.7. The first-order chi connectivity index (χ1) is 8.34. The maximum atomic E-state index is 6.03. The fourth-order valence-corrected chi connectivity index (χ4v) is 1.97. The van der Waals surface area contributed by atoms with Crippen LogP contribution in [0.1, 0.15) is 13.8 Å². The second-order valence-electron chi connectivity index (χ2n) is 5.31. The molecule has 0 aliphatic rings. The quantitative estimate of drug-likeness (QED) is 0.860. The van der Waals surface area contributed by atoms with Gasteiger partial charge in [-0.05, 0) is 19.5 Å². The smallest absolute Gasteiger partial charge is 0.318 e. The molecule has 0 aromatic carbocycles. The highest BCUT2D eigenvalue weighted by Gasteiger charge is 2.19. The van der Waals surface area contributed by atoms with Crippen LogP contribution in [0.2, 0.25) is 5.02 Å². The van der Waals surface area contributed by atoms with Crippen molar-refractivity contribution in [1.82, 2.24) is 14.9 Å². The van der Waals surface area contributed by atoms with E-state index < -0.39 is 0 Å². The van der Waals surface area contributed by atoms with E-state index >= 15 is 0 Å². The van der Waals surface area contributed by atoms with Crippen LogP contribution in [0, 0.1) is 5.41 Å². The number of hydrogen-bond acceptors (Lipinski definition) is 5. The number of halogens is 1. The molecule has 0 aliphatic heterocycles. The Morgan fingerprint density at radius 2 is 2.11 bits per heavy atom. The Labute approximate surface area is 114 Å². The minimum absolute atomic E-state index is 0.116. The zero-order chi connectivity index (χ0) is 13.8. The largest absolute Gasteiger partial charge is 0.467 e. The van der Waals surface area contributed by atoms with Crippen LogP contribution < -0.4 is 10.1 Å². The van der Waals surface area contributed by atoms with Crippen LogP contribution in [0.25, 0.3) is 0 Å². The van der Waals surface area contributed by atoms with E-state index in [-0.39, 0.29) is 5.41 Å². The lowest BCUT2D eigenvalue weighted by molar-refractivity contribution is 0.254. The van der Waals surface area contributed by atoms with E-state index in [1.54, 1.807) is 0 Å². The second-order valence-corrected chi connectivity index (χ2v) is 5.72. The summed E-state index contributed by atoms with van der Waals surface area (Å²) in [4.78, 5) is 10.3. The molecule has 1 heterocycles. The van der Waals surface area contributed by atoms with E-state index in [1.165, 1.54) is 13.3 Å². The standard InChI is InChI=1S/C12H21ClN4O/c1-12(2,8-17(3)4)7-15-10-9(13)6-14-11(16-10)18-5/h6H,7-8H2,1-5H3,(H,14,15,16). The summed E-state index contributed by atoms with van der Waals surface area (Å²) in [6.45, 7) is 6.11. The van der Waals surface area contributed by atoms with Crippen LogP contribution in [0.3, 0.4) is 0 Å². The van der Waals surface area contributed by atoms with Crippen molar-refractivity contribution in [3.63, 3.8) is 0 Å². The van der Waals surface area contributed by atoms with E-state index in [0.29, 0.717) is 16.9 Å². The molecule has 0 fully saturated rings. The lowest BCUT2D eigenvalue weighted by Crippen LogP contribution is -2.34. The summed E-state index contributed by atoms with van der Waals surface area (Å²) in [7, 11) is 5.65. The Kier molecular flexibility index (Phi) is 5.16. The van der Waals surface area contributed by atoms with Gasteiger partial charge in [0.25, 0.3) is 0 Å². The Morgan fingerprint density at radius 1 is 1.44 bits per heavy atom. The molecule has 0 atom stereocenters. The number of nitrogens with zero attached hydrogens (tertiary/aromatic N) is 3. The molecule has 0 saturated carbocycles. The molecule has 102 valence electrons. The highest BCUT2D eigenvalue weighted by Crippen LogP contribution is 2.23. The van der Waals surface area contributed by atoms with Gasteiger partial charge in [0.05, 0.1) is 13.3 Å². The van der Waals surface area contributed by atoms with E-state index in [1.807, 2.05) is 0 Å². The highest BCUT2D eigenvalue weighted by molar-refractivity contribution is 6.32. The van der Waals surface area contributed by atoms with Gasteiger partial charge in [-0.3, -0.25) is 0 Å². The van der Waals surface area contributed by atoms with Crippen LogP contribution in [-0.4, -0.2) is 49.2 Å². The Morgan fingerprint density at radius 3 is 2.67 bits per heavy atom. The van der Waals surface area contributed by atoms with E-state index in [2.05, 4.69) is 48.1 Å². The van der Waals surface area contributed by atoms with Gasteiger partial charge in [-0.25, -0.2) is 4.98 Å². The number of rotatable bonds is 6. The van der Waals surface area contributed by atoms with Crippen molar-refractivity contribution in [2.24, 2.45) is 5.41 Å². The van der Waals surface area contributed by atoms with Gasteiger partial charge >= 0.3 is 6.01 Å². The lowest BCUT2D eigenvalue weighted by atomic mass is 9.93. The molecule has 0 amide bonds. The minimum Gasteiger partial charge on any atom is -0.467 e. The van der Waals surface area contributed by atoms with Crippen LogP contribution in [0.4, 0.5) is 5.82 Å². The van der Waals surface area contributed by atoms with Crippen molar-refractivity contribution in [3.05, 3.63) is 11.2 Å². The number of ether oxygens (including phenoxy) is 1. The van der Waals surface area contributed by atoms with Crippen LogP contribution in [0.15, 0.2) is 6.20 Å². The summed E-state index contributed by atoms with van der Waals surface area (Å²) >= 11 is 6.03. The van der Waals surface area contributed by atoms with Crippen molar-refractivity contribution < 1.29 is 4.74 Å². The first kappa shape index (κ1) is 15.0. The summed E-state index contributed by atoms with van der Waals surface area (Å²) < 4.78 is 4.98. The SMILES string of the molecule is COc1ncc(Cl)c(NCC(C)(C)CN(C)C)n1. The fourth-order valence-electron chi connectivity index (χ4n) is 1.81. The first-order valence-corrected chi connectivity index (χ1v) is 6.17. The predicted molar refractivity (Wildman–Crippen MR) is 74.4 cm³/mol. The molecule has 0 unspecified atom stereocenters. The molecule has 6 heteroatoms. The fraction of sp³-hybridized carbons (Fsp3) is 0.667. The molecule has 0 saturated heterocycles. The maximum Gasteiger partial charge on any atom is 0.318 e. The third-order valence-electron chi connectivity index (χ3n) is 2.38. The van der Waals surface area contributed by atoms with Crippen molar-refractivity contribution in [3.8, 4) is 6.01 Å². The van der Waals surface area contributed by atoms with E-state index in [9.17, 15) is 0 Å². The van der Waals surface area contributed by atoms with Crippen molar-refractivity contribution in [2.45, 2.75) is 13.8 Å². The zero-order valence-corrected chi connectivity index (χ0v) is 12.4. The maximum absolute atomic E-state index is 6.03. The molecular weight excluding hydrogens is 252 g/mol. The molecule has 1 aromatic rings. The van der Waals surface area contributed by atoms with Crippen molar-refractivity contribution >= 4 is 17.4 Å². The van der Waals surface area contributed by atoms with Crippen molar-refractivity contribution in [1.29, 1.82) is 0 Å². The summed E-state index contributed by atoms with van der Waals surface area (Å²) in [5.74, 6) is 0.607. The Balaban J connectivity index is 2.67. The third-order valence-corrected chi connectivity index (χ3v) is 2.66. The summed E-state index contributed by atoms with van der Waals surface area (Å²) in [6, 6.07) is 0.312. The van der Waals surface area contributed by atoms with Crippen LogP contribution in [-0.2, 0) is 0 Å². The number of hydrogen-bond donors (Lipinski definition) is 1. The van der Waals surface area contributed by atoms with Gasteiger partial charge in [0.1, 0.15) is 5.02 Å². The van der Waals surface area contributed by atoms with Gasteiger partial charge in [-0.2, -0.15) is 4.98 Å². The molecule has 0 spiro atoms. The Hall–Kier alpha value is -1.07. The molecule has 0 radical (unpaired) electrons. The van der Waals surface area contributed by atoms with Gasteiger partial charge in [-0.1, -0.05) is 25.4 Å². The molecule has 5 nitrogen and oxygen atoms in total. The lowest BCUT2D eigenvalue weighted by Gasteiger charge is -2.28. The van der Waals surface area contributed by atoms with Gasteiger partial charge in [0.15, 0.2) is 5.82 Å². The molecular formula is C12H21ClN4O. The number of methoxy groups -OCH3 is 1. The highest BCUT2D eigenvalue weighted by atomic mass is 35.5. The van der Waals surface area contributed by atoms with Crippen LogP contribution in [0.5, 0.6) is 6.01 Å². The number of nitrogens with one attached hydrogen (secondary N) is 1. The molecule has 0 aliphatic carbocycles. The number of aromatic nitrogens is 2. The second kappa shape index (κ2) is 6.20. The average Bonchev–Trinajstić information content (AvgIpc) is 2.26. The van der Waals surface area contributed by atoms with E-state index in [4.69, 9.17) is 16.3 Å². The first-order valence-electron chi connectivity index (χ1n) is 5.79. The van der Waals surface area contributed by atoms with Gasteiger partial charge in [0, 0.05) is 13.1 Å². The van der Waals surface area contributed by atoms with Crippen molar-refractivity contribution in [2.75, 3.05) is 39.6 Å². The molecule has 0 bridgehead atoms. The zero-order valence-electron chi connectivity index (χ0n) is 11.6. The molecule has 1 rings (SSSR count). The Bertz CT molecular complexity index is 396. The topological polar surface area (TPSA) is 50.3 Å². The molecule has 1 N–H and O–H groups in total. The summed E-state index contributed by atoms with van der Waals surface area (Å²) in [5, 5.41) is 3.74. The van der Waals surface area contributed by atoms with E-state index in [0.717, 1.165) is 13.1 Å².